The number of nitrogen functional groups attached to an aromatic ring is 1. The molecule has 0 aliphatic heterocycles. The van der Waals surface area contributed by atoms with E-state index in [1.807, 2.05) is 0 Å². The molecule has 0 fully saturated rings. The van der Waals surface area contributed by atoms with E-state index in [1.54, 1.807) is 31.2 Å². The molecule has 0 heterocycles. The van der Waals surface area contributed by atoms with E-state index in [-0.39, 0.29) is 31.4 Å². The van der Waals surface area contributed by atoms with Gasteiger partial charge in [0, 0.05) is 19.3 Å². The van der Waals surface area contributed by atoms with Crippen molar-refractivity contribution in [2.45, 2.75) is 6.92 Å². The SMILES string of the molecule is CCN(CC(=O)NC)S(=O)(=O)CCOc1ccc(N)cc1. The molecule has 0 aromatic heterocycles. The van der Waals surface area contributed by atoms with Crippen LogP contribution in [0.5, 0.6) is 5.75 Å². The number of sulfonamides is 1. The summed E-state index contributed by atoms with van der Waals surface area (Å²) >= 11 is 0. The van der Waals surface area contributed by atoms with Crippen LogP contribution in [0, 0.1) is 0 Å². The second-order valence-electron chi connectivity index (χ2n) is 4.33. The highest BCUT2D eigenvalue weighted by Gasteiger charge is 2.22. The van der Waals surface area contributed by atoms with Gasteiger partial charge in [0.25, 0.3) is 0 Å². The minimum atomic E-state index is -3.53. The standard InChI is InChI=1S/C13H21N3O4S/c1-3-16(10-13(17)15-2)21(18,19)9-8-20-12-6-4-11(14)5-7-12/h4-7H,3,8-10,14H2,1-2H3,(H,15,17). The van der Waals surface area contributed by atoms with Crippen molar-refractivity contribution in [3.8, 4) is 5.75 Å². The van der Waals surface area contributed by atoms with Crippen LogP contribution in [0.25, 0.3) is 0 Å². The number of hydrogen-bond donors (Lipinski definition) is 2. The molecule has 1 amide bonds. The number of likely N-dealkylation sites (N-methyl/N-ethyl adjacent to an activating group) is 2. The zero-order valence-electron chi connectivity index (χ0n) is 12.2. The Kier molecular flexibility index (Phi) is 6.44. The van der Waals surface area contributed by atoms with Crippen LogP contribution < -0.4 is 15.8 Å². The first-order valence-electron chi connectivity index (χ1n) is 6.55. The fourth-order valence-electron chi connectivity index (χ4n) is 1.60. The first-order valence-corrected chi connectivity index (χ1v) is 8.16. The van der Waals surface area contributed by atoms with E-state index >= 15 is 0 Å². The van der Waals surface area contributed by atoms with E-state index < -0.39 is 10.0 Å². The molecular formula is C13H21N3O4S. The summed E-state index contributed by atoms with van der Waals surface area (Å²) in [6.45, 7) is 1.74. The molecule has 0 aliphatic rings. The van der Waals surface area contributed by atoms with Crippen molar-refractivity contribution in [1.29, 1.82) is 0 Å². The van der Waals surface area contributed by atoms with Crippen LogP contribution in [-0.2, 0) is 14.8 Å². The summed E-state index contributed by atoms with van der Waals surface area (Å²) in [7, 11) is -2.07. The van der Waals surface area contributed by atoms with E-state index in [0.29, 0.717) is 11.4 Å². The number of nitrogens with zero attached hydrogens (tertiary/aromatic N) is 1. The molecule has 0 spiro atoms. The maximum Gasteiger partial charge on any atom is 0.235 e. The molecule has 0 atom stereocenters. The second kappa shape index (κ2) is 7.84. The Morgan fingerprint density at radius 1 is 1.33 bits per heavy atom. The van der Waals surface area contributed by atoms with Gasteiger partial charge in [-0.3, -0.25) is 4.79 Å². The largest absolute Gasteiger partial charge is 0.492 e. The Bertz CT molecular complexity index is 557. The normalized spacial score (nSPS) is 11.4. The van der Waals surface area contributed by atoms with Crippen LogP contribution in [0.15, 0.2) is 24.3 Å². The number of rotatable bonds is 8. The lowest BCUT2D eigenvalue weighted by atomic mass is 10.3. The van der Waals surface area contributed by atoms with Gasteiger partial charge < -0.3 is 15.8 Å². The van der Waals surface area contributed by atoms with Crippen LogP contribution in [0.1, 0.15) is 6.92 Å². The van der Waals surface area contributed by atoms with E-state index in [2.05, 4.69) is 5.32 Å². The molecule has 1 aromatic rings. The fourth-order valence-corrected chi connectivity index (χ4v) is 2.86. The number of benzene rings is 1. The highest BCUT2D eigenvalue weighted by molar-refractivity contribution is 7.89. The van der Waals surface area contributed by atoms with Gasteiger partial charge in [-0.1, -0.05) is 6.92 Å². The number of ether oxygens (including phenoxy) is 1. The maximum absolute atomic E-state index is 12.1. The average molecular weight is 315 g/mol. The zero-order valence-corrected chi connectivity index (χ0v) is 13.0. The van der Waals surface area contributed by atoms with Gasteiger partial charge in [0.2, 0.25) is 15.9 Å². The summed E-state index contributed by atoms with van der Waals surface area (Å²) in [5.41, 5.74) is 6.15. The molecule has 0 saturated heterocycles. The van der Waals surface area contributed by atoms with Crippen molar-refractivity contribution in [3.05, 3.63) is 24.3 Å². The Morgan fingerprint density at radius 3 is 2.48 bits per heavy atom. The predicted octanol–water partition coefficient (Wildman–Crippen LogP) is 0.0453. The van der Waals surface area contributed by atoms with Gasteiger partial charge in [-0.25, -0.2) is 8.42 Å². The van der Waals surface area contributed by atoms with Crippen LogP contribution >= 0.6 is 0 Å². The lowest BCUT2D eigenvalue weighted by Gasteiger charge is -2.19. The average Bonchev–Trinajstić information content (AvgIpc) is 2.46. The molecule has 21 heavy (non-hydrogen) atoms. The van der Waals surface area contributed by atoms with Crippen LogP contribution in [0.3, 0.4) is 0 Å². The van der Waals surface area contributed by atoms with E-state index in [9.17, 15) is 13.2 Å². The molecule has 7 nitrogen and oxygen atoms in total. The molecule has 0 bridgehead atoms. The molecule has 1 aromatic carbocycles. The Labute approximate surface area is 125 Å². The van der Waals surface area contributed by atoms with Gasteiger partial charge in [-0.15, -0.1) is 0 Å². The van der Waals surface area contributed by atoms with Gasteiger partial charge >= 0.3 is 0 Å². The van der Waals surface area contributed by atoms with E-state index in [1.165, 1.54) is 7.05 Å². The van der Waals surface area contributed by atoms with Crippen molar-refractivity contribution in [3.63, 3.8) is 0 Å². The smallest absolute Gasteiger partial charge is 0.235 e. The quantitative estimate of drug-likeness (QED) is 0.660. The molecule has 1 rings (SSSR count). The number of anilines is 1. The summed E-state index contributed by atoms with van der Waals surface area (Å²) in [5, 5.41) is 2.40. The zero-order chi connectivity index (χ0) is 15.9. The van der Waals surface area contributed by atoms with Crippen LogP contribution in [-0.4, -0.2) is 51.1 Å². The number of nitrogens with two attached hydrogens (primary N) is 1. The number of hydrogen-bond acceptors (Lipinski definition) is 5. The van der Waals surface area contributed by atoms with Gasteiger partial charge in [0.15, 0.2) is 0 Å². The molecule has 0 saturated carbocycles. The minimum Gasteiger partial charge on any atom is -0.492 e. The third-order valence-corrected chi connectivity index (χ3v) is 4.69. The predicted molar refractivity (Wildman–Crippen MR) is 81.4 cm³/mol. The van der Waals surface area contributed by atoms with Crippen molar-refractivity contribution in [2.24, 2.45) is 0 Å². The first-order chi connectivity index (χ1) is 9.89. The van der Waals surface area contributed by atoms with Gasteiger partial charge in [-0.05, 0) is 24.3 Å². The molecule has 3 N–H and O–H groups in total. The summed E-state index contributed by atoms with van der Waals surface area (Å²) < 4.78 is 30.7. The van der Waals surface area contributed by atoms with Crippen molar-refractivity contribution >= 4 is 21.6 Å². The number of carbonyl (C=O) groups excluding carboxylic acids is 1. The summed E-state index contributed by atoms with van der Waals surface area (Å²) in [6.07, 6.45) is 0. The lowest BCUT2D eigenvalue weighted by Crippen LogP contribution is -2.41. The van der Waals surface area contributed by atoms with E-state index in [0.717, 1.165) is 4.31 Å². The van der Waals surface area contributed by atoms with Crippen molar-refractivity contribution in [1.82, 2.24) is 9.62 Å². The summed E-state index contributed by atoms with van der Waals surface area (Å²) in [4.78, 5) is 11.3. The van der Waals surface area contributed by atoms with Crippen LogP contribution in [0.2, 0.25) is 0 Å². The third-order valence-electron chi connectivity index (χ3n) is 2.84. The second-order valence-corrected chi connectivity index (χ2v) is 6.42. The lowest BCUT2D eigenvalue weighted by molar-refractivity contribution is -0.120. The monoisotopic (exact) mass is 315 g/mol. The van der Waals surface area contributed by atoms with Gasteiger partial charge in [0.05, 0.1) is 12.3 Å². The Morgan fingerprint density at radius 2 is 1.95 bits per heavy atom. The molecule has 8 heteroatoms. The molecular weight excluding hydrogens is 294 g/mol. The molecule has 118 valence electrons. The summed E-state index contributed by atoms with van der Waals surface area (Å²) in [5.74, 6) is 0.0102. The number of carbonyl (C=O) groups is 1. The highest BCUT2D eigenvalue weighted by Crippen LogP contribution is 2.13. The molecule has 0 radical (unpaired) electrons. The van der Waals surface area contributed by atoms with Gasteiger partial charge in [0.1, 0.15) is 12.4 Å². The molecule has 0 unspecified atom stereocenters. The Hall–Kier alpha value is -1.80. The first kappa shape index (κ1) is 17.3. The topological polar surface area (TPSA) is 102 Å². The number of nitrogens with one attached hydrogen (secondary N) is 1. The maximum atomic E-state index is 12.1. The third kappa shape index (κ3) is 5.60. The van der Waals surface area contributed by atoms with Crippen molar-refractivity contribution < 1.29 is 17.9 Å². The van der Waals surface area contributed by atoms with Crippen molar-refractivity contribution in [2.75, 3.05) is 38.2 Å². The Balaban J connectivity index is 2.54. The van der Waals surface area contributed by atoms with Gasteiger partial charge in [-0.2, -0.15) is 4.31 Å². The van der Waals surface area contributed by atoms with E-state index in [4.69, 9.17) is 10.5 Å². The minimum absolute atomic E-state index is 0.0104. The summed E-state index contributed by atoms with van der Waals surface area (Å²) in [6, 6.07) is 6.69. The number of amides is 1. The fraction of sp³-hybridized carbons (Fsp3) is 0.462. The molecule has 0 aliphatic carbocycles. The highest BCUT2D eigenvalue weighted by atomic mass is 32.2. The van der Waals surface area contributed by atoms with Crippen LogP contribution in [0.4, 0.5) is 5.69 Å².